The van der Waals surface area contributed by atoms with Crippen molar-refractivity contribution in [2.75, 3.05) is 45.5 Å². The van der Waals surface area contributed by atoms with Crippen LogP contribution in [0.25, 0.3) is 0 Å². The molecule has 11 nitrogen and oxygen atoms in total. The van der Waals surface area contributed by atoms with E-state index in [1.807, 2.05) is 0 Å². The Kier molecular flexibility index (Phi) is 10.0. The highest BCUT2D eigenvalue weighted by Crippen LogP contribution is 2.42. The summed E-state index contributed by atoms with van der Waals surface area (Å²) in [4.78, 5) is 42.3. The standard InChI is InChI=1S/C28H38N2O9/c1-4-14-38-28(33)30-21-18-23(36-16-9-11-24(31)35-3)22(34-2)17-19(21)26(32)29-13-7-5-10-20(29)27(30)39-25-12-6-8-15-37-25/h4,17-18,20,25,27H,1,5-16H2,2-3H3/t20-,25?,27?/m0/s1. The number of hydrogen-bond donors (Lipinski definition) is 0. The molecule has 2 fully saturated rings. The molecule has 0 aromatic heterocycles. The predicted molar refractivity (Wildman–Crippen MR) is 141 cm³/mol. The van der Waals surface area contributed by atoms with Gasteiger partial charge < -0.3 is 33.3 Å². The Morgan fingerprint density at radius 1 is 1.13 bits per heavy atom. The minimum Gasteiger partial charge on any atom is -0.493 e. The summed E-state index contributed by atoms with van der Waals surface area (Å²) in [7, 11) is 2.82. The molecule has 214 valence electrons. The number of methoxy groups -OCH3 is 2. The van der Waals surface area contributed by atoms with E-state index in [4.69, 9.17) is 28.4 Å². The summed E-state index contributed by atoms with van der Waals surface area (Å²) >= 11 is 0. The first-order valence-electron chi connectivity index (χ1n) is 13.5. The third-order valence-corrected chi connectivity index (χ3v) is 7.13. The van der Waals surface area contributed by atoms with Crippen molar-refractivity contribution in [2.24, 2.45) is 0 Å². The number of benzene rings is 1. The van der Waals surface area contributed by atoms with Gasteiger partial charge in [-0.3, -0.25) is 9.59 Å². The fourth-order valence-corrected chi connectivity index (χ4v) is 5.19. The topological polar surface area (TPSA) is 113 Å². The zero-order valence-electron chi connectivity index (χ0n) is 22.7. The van der Waals surface area contributed by atoms with Gasteiger partial charge in [-0.15, -0.1) is 0 Å². The molecule has 2 amide bonds. The predicted octanol–water partition coefficient (Wildman–Crippen LogP) is 4.03. The average Bonchev–Trinajstić information content (AvgIpc) is 3.06. The molecule has 0 spiro atoms. The molecule has 3 atom stereocenters. The van der Waals surface area contributed by atoms with Gasteiger partial charge in [0.1, 0.15) is 6.61 Å². The second-order valence-electron chi connectivity index (χ2n) is 9.67. The fourth-order valence-electron chi connectivity index (χ4n) is 5.19. The van der Waals surface area contributed by atoms with Crippen molar-refractivity contribution < 1.29 is 42.8 Å². The van der Waals surface area contributed by atoms with Crippen LogP contribution >= 0.6 is 0 Å². The molecule has 0 radical (unpaired) electrons. The van der Waals surface area contributed by atoms with Crippen molar-refractivity contribution >= 4 is 23.7 Å². The molecular formula is C28H38N2O9. The van der Waals surface area contributed by atoms with E-state index in [9.17, 15) is 14.4 Å². The van der Waals surface area contributed by atoms with Gasteiger partial charge >= 0.3 is 12.1 Å². The molecule has 11 heteroatoms. The van der Waals surface area contributed by atoms with Gasteiger partial charge in [0.25, 0.3) is 5.91 Å². The van der Waals surface area contributed by atoms with Gasteiger partial charge in [-0.1, -0.05) is 12.7 Å². The lowest BCUT2D eigenvalue weighted by atomic mass is 10.00. The van der Waals surface area contributed by atoms with Gasteiger partial charge in [-0.2, -0.15) is 0 Å². The first kappa shape index (κ1) is 28.7. The molecule has 3 heterocycles. The summed E-state index contributed by atoms with van der Waals surface area (Å²) in [5, 5.41) is 0. The zero-order valence-corrected chi connectivity index (χ0v) is 22.7. The van der Waals surface area contributed by atoms with Crippen LogP contribution < -0.4 is 14.4 Å². The Morgan fingerprint density at radius 2 is 1.95 bits per heavy atom. The third kappa shape index (κ3) is 6.65. The molecule has 0 N–H and O–H groups in total. The van der Waals surface area contributed by atoms with Crippen molar-refractivity contribution in [3.63, 3.8) is 0 Å². The van der Waals surface area contributed by atoms with Crippen molar-refractivity contribution in [2.45, 2.75) is 69.9 Å². The van der Waals surface area contributed by atoms with Gasteiger partial charge in [-0.05, 0) is 51.0 Å². The van der Waals surface area contributed by atoms with Crippen LogP contribution in [0.5, 0.6) is 11.5 Å². The summed E-state index contributed by atoms with van der Waals surface area (Å²) in [5.41, 5.74) is 0.583. The SMILES string of the molecule is C=CCOC(=O)N1c2cc(OCCCC(=O)OC)c(OC)cc2C(=O)N2CCCC[C@H]2C1OC1CCCCO1. The van der Waals surface area contributed by atoms with E-state index in [0.29, 0.717) is 49.6 Å². The Labute approximate surface area is 228 Å². The van der Waals surface area contributed by atoms with Crippen LogP contribution in [0.1, 0.15) is 61.7 Å². The maximum atomic E-state index is 13.9. The number of hydrogen-bond acceptors (Lipinski definition) is 9. The number of ether oxygens (including phenoxy) is 6. The van der Waals surface area contributed by atoms with Crippen molar-refractivity contribution in [1.29, 1.82) is 0 Å². The van der Waals surface area contributed by atoms with E-state index >= 15 is 0 Å². The van der Waals surface area contributed by atoms with Gasteiger partial charge in [0.15, 0.2) is 24.0 Å². The molecule has 0 bridgehead atoms. The lowest BCUT2D eigenvalue weighted by molar-refractivity contribution is -0.198. The molecule has 4 rings (SSSR count). The van der Waals surface area contributed by atoms with Crippen LogP contribution in [-0.2, 0) is 23.7 Å². The molecule has 1 aromatic carbocycles. The Bertz CT molecular complexity index is 1040. The Balaban J connectivity index is 1.76. The first-order valence-corrected chi connectivity index (χ1v) is 13.5. The fraction of sp³-hybridized carbons (Fsp3) is 0.607. The Hall–Kier alpha value is -3.31. The van der Waals surface area contributed by atoms with Crippen LogP contribution in [0.15, 0.2) is 24.8 Å². The van der Waals surface area contributed by atoms with Crippen LogP contribution in [0.3, 0.4) is 0 Å². The second-order valence-corrected chi connectivity index (χ2v) is 9.67. The van der Waals surface area contributed by atoms with Crippen molar-refractivity contribution in [3.8, 4) is 11.5 Å². The smallest absolute Gasteiger partial charge is 0.416 e. The lowest BCUT2D eigenvalue weighted by Gasteiger charge is -2.42. The number of carbonyl (C=O) groups is 3. The highest BCUT2D eigenvalue weighted by molar-refractivity contribution is 6.06. The molecule has 1 aromatic rings. The van der Waals surface area contributed by atoms with Gasteiger partial charge in [-0.25, -0.2) is 9.69 Å². The number of piperidine rings is 1. The normalized spacial score (nSPS) is 22.7. The summed E-state index contributed by atoms with van der Waals surface area (Å²) in [6.07, 6.45) is 5.07. The summed E-state index contributed by atoms with van der Waals surface area (Å²) < 4.78 is 34.1. The summed E-state index contributed by atoms with van der Waals surface area (Å²) in [6, 6.07) is 2.80. The van der Waals surface area contributed by atoms with E-state index in [1.165, 1.54) is 25.2 Å². The van der Waals surface area contributed by atoms with Gasteiger partial charge in [0.2, 0.25) is 0 Å². The quantitative estimate of drug-likeness (QED) is 0.244. The molecule has 2 saturated heterocycles. The molecule has 2 unspecified atom stereocenters. The number of esters is 1. The number of carbonyl (C=O) groups excluding carboxylic acids is 3. The van der Waals surface area contributed by atoms with Crippen LogP contribution in [0.4, 0.5) is 10.5 Å². The van der Waals surface area contributed by atoms with Gasteiger partial charge in [0.05, 0.1) is 38.1 Å². The maximum absolute atomic E-state index is 13.9. The van der Waals surface area contributed by atoms with E-state index in [2.05, 4.69) is 6.58 Å². The van der Waals surface area contributed by atoms with E-state index < -0.39 is 24.7 Å². The summed E-state index contributed by atoms with van der Waals surface area (Å²) in [5.74, 6) is 0.101. The second kappa shape index (κ2) is 13.7. The minimum absolute atomic E-state index is 0.00726. The van der Waals surface area contributed by atoms with Crippen LogP contribution in [-0.4, -0.2) is 82.0 Å². The number of nitrogens with zero attached hydrogens (tertiary/aromatic N) is 2. The van der Waals surface area contributed by atoms with Crippen LogP contribution in [0, 0.1) is 0 Å². The van der Waals surface area contributed by atoms with Crippen LogP contribution in [0.2, 0.25) is 0 Å². The lowest BCUT2D eigenvalue weighted by Crippen LogP contribution is -2.57. The molecule has 3 aliphatic rings. The average molecular weight is 547 g/mol. The molecule has 3 aliphatic heterocycles. The van der Waals surface area contributed by atoms with E-state index in [1.54, 1.807) is 17.0 Å². The highest BCUT2D eigenvalue weighted by atomic mass is 16.7. The molecule has 0 aliphatic carbocycles. The molecule has 39 heavy (non-hydrogen) atoms. The monoisotopic (exact) mass is 546 g/mol. The van der Waals surface area contributed by atoms with E-state index in [-0.39, 0.29) is 37.1 Å². The first-order chi connectivity index (χ1) is 19.0. The zero-order chi connectivity index (χ0) is 27.8. The number of amides is 2. The molecular weight excluding hydrogens is 508 g/mol. The summed E-state index contributed by atoms with van der Waals surface area (Å²) in [6.45, 7) is 4.95. The maximum Gasteiger partial charge on any atom is 0.416 e. The highest BCUT2D eigenvalue weighted by Gasteiger charge is 2.46. The number of rotatable bonds is 10. The largest absolute Gasteiger partial charge is 0.493 e. The number of anilines is 1. The minimum atomic E-state index is -0.837. The van der Waals surface area contributed by atoms with E-state index in [0.717, 1.165) is 25.7 Å². The number of fused-ring (bicyclic) bond motifs is 2. The third-order valence-electron chi connectivity index (χ3n) is 7.13. The molecule has 0 saturated carbocycles. The van der Waals surface area contributed by atoms with Crippen molar-refractivity contribution in [3.05, 3.63) is 30.4 Å². The Morgan fingerprint density at radius 3 is 2.67 bits per heavy atom. The van der Waals surface area contributed by atoms with Crippen molar-refractivity contribution in [1.82, 2.24) is 4.90 Å². The van der Waals surface area contributed by atoms with Gasteiger partial charge in [0, 0.05) is 25.6 Å².